The zero-order valence-corrected chi connectivity index (χ0v) is 12.7. The number of anilines is 1. The lowest BCUT2D eigenvalue weighted by atomic mass is 10.1. The number of para-hydroxylation sites is 1. The van der Waals surface area contributed by atoms with Crippen LogP contribution in [0.3, 0.4) is 0 Å². The fourth-order valence-electron chi connectivity index (χ4n) is 2.73. The molecule has 0 aromatic heterocycles. The van der Waals surface area contributed by atoms with E-state index in [9.17, 15) is 18.4 Å². The van der Waals surface area contributed by atoms with Gasteiger partial charge in [0.2, 0.25) is 5.91 Å². The molecule has 0 unspecified atom stereocenters. The van der Waals surface area contributed by atoms with Crippen LogP contribution in [0.4, 0.5) is 14.5 Å². The van der Waals surface area contributed by atoms with Crippen molar-refractivity contribution in [2.24, 2.45) is 0 Å². The Balaban J connectivity index is 1.79. The van der Waals surface area contributed by atoms with E-state index in [1.807, 2.05) is 0 Å². The minimum absolute atomic E-state index is 0.0503. The highest BCUT2D eigenvalue weighted by atomic mass is 19.1. The van der Waals surface area contributed by atoms with Crippen molar-refractivity contribution in [1.29, 1.82) is 0 Å². The molecule has 0 aliphatic carbocycles. The van der Waals surface area contributed by atoms with Crippen molar-refractivity contribution < 1.29 is 23.5 Å². The zero-order valence-electron chi connectivity index (χ0n) is 12.7. The lowest BCUT2D eigenvalue weighted by Crippen LogP contribution is -2.37. The standard InChI is InChI=1S/C16H20F2N2O3/c17-12-4-3-5-13(18)16(12)20-9-8-11(10-20)19-14(21)6-1-2-7-15(22)23/h3-5,11H,1-2,6-10H2,(H,19,21)(H,22,23)/t11-/m0/s1. The van der Waals surface area contributed by atoms with Gasteiger partial charge in [-0.15, -0.1) is 0 Å². The first-order valence-electron chi connectivity index (χ1n) is 7.67. The lowest BCUT2D eigenvalue weighted by molar-refractivity contribution is -0.137. The molecule has 5 nitrogen and oxygen atoms in total. The molecule has 2 N–H and O–H groups in total. The molecule has 1 aliphatic heterocycles. The van der Waals surface area contributed by atoms with Crippen LogP contribution in [0.25, 0.3) is 0 Å². The van der Waals surface area contributed by atoms with Gasteiger partial charge in [-0.3, -0.25) is 9.59 Å². The molecule has 0 spiro atoms. The molecule has 0 radical (unpaired) electrons. The molecular formula is C16H20F2N2O3. The summed E-state index contributed by atoms with van der Waals surface area (Å²) in [6, 6.07) is 3.60. The quantitative estimate of drug-likeness (QED) is 0.755. The number of carbonyl (C=O) groups is 2. The summed E-state index contributed by atoms with van der Waals surface area (Å²) >= 11 is 0. The van der Waals surface area contributed by atoms with Crippen molar-refractivity contribution in [2.45, 2.75) is 38.1 Å². The predicted molar refractivity (Wildman–Crippen MR) is 81.2 cm³/mol. The van der Waals surface area contributed by atoms with Gasteiger partial charge >= 0.3 is 5.97 Å². The number of aliphatic carboxylic acids is 1. The molecule has 2 rings (SSSR count). The number of carboxylic acid groups (broad SMARTS) is 1. The number of carboxylic acids is 1. The second kappa shape index (κ2) is 7.89. The van der Waals surface area contributed by atoms with Crippen molar-refractivity contribution in [2.75, 3.05) is 18.0 Å². The van der Waals surface area contributed by atoms with Crippen molar-refractivity contribution in [3.63, 3.8) is 0 Å². The van der Waals surface area contributed by atoms with Crippen molar-refractivity contribution in [3.8, 4) is 0 Å². The molecule has 1 atom stereocenters. The monoisotopic (exact) mass is 326 g/mol. The summed E-state index contributed by atoms with van der Waals surface area (Å²) in [5, 5.41) is 11.4. The molecular weight excluding hydrogens is 306 g/mol. The number of hydrogen-bond acceptors (Lipinski definition) is 3. The van der Waals surface area contributed by atoms with E-state index in [4.69, 9.17) is 5.11 Å². The summed E-state index contributed by atoms with van der Waals surface area (Å²) < 4.78 is 27.5. The third kappa shape index (κ3) is 4.91. The Morgan fingerprint density at radius 3 is 2.52 bits per heavy atom. The number of rotatable bonds is 7. The van der Waals surface area contributed by atoms with Crippen LogP contribution in [0.1, 0.15) is 32.1 Å². The molecule has 126 valence electrons. The van der Waals surface area contributed by atoms with E-state index in [0.29, 0.717) is 32.4 Å². The Bertz CT molecular complexity index is 560. The molecule has 0 saturated carbocycles. The normalized spacial score (nSPS) is 17.3. The molecule has 23 heavy (non-hydrogen) atoms. The fraction of sp³-hybridized carbons (Fsp3) is 0.500. The molecule has 1 amide bonds. The maximum atomic E-state index is 13.7. The van der Waals surface area contributed by atoms with E-state index in [-0.39, 0.29) is 30.5 Å². The van der Waals surface area contributed by atoms with Crippen LogP contribution < -0.4 is 10.2 Å². The number of benzene rings is 1. The Morgan fingerprint density at radius 2 is 1.87 bits per heavy atom. The summed E-state index contributed by atoms with van der Waals surface area (Å²) in [6.45, 7) is 0.834. The van der Waals surface area contributed by atoms with Gasteiger partial charge in [0.15, 0.2) is 0 Å². The maximum Gasteiger partial charge on any atom is 0.303 e. The first-order valence-corrected chi connectivity index (χ1v) is 7.67. The van der Waals surface area contributed by atoms with Gasteiger partial charge in [0.05, 0.1) is 0 Å². The molecule has 1 saturated heterocycles. The van der Waals surface area contributed by atoms with Crippen LogP contribution in [0.5, 0.6) is 0 Å². The number of hydrogen-bond donors (Lipinski definition) is 2. The van der Waals surface area contributed by atoms with Crippen LogP contribution >= 0.6 is 0 Å². The number of nitrogens with zero attached hydrogens (tertiary/aromatic N) is 1. The largest absolute Gasteiger partial charge is 0.481 e. The Labute approximate surface area is 133 Å². The van der Waals surface area contributed by atoms with Gasteiger partial charge < -0.3 is 15.3 Å². The maximum absolute atomic E-state index is 13.7. The molecule has 1 aromatic rings. The molecule has 1 aliphatic rings. The van der Waals surface area contributed by atoms with Gasteiger partial charge in [-0.05, 0) is 31.4 Å². The Hall–Kier alpha value is -2.18. The highest BCUT2D eigenvalue weighted by Crippen LogP contribution is 2.26. The average molecular weight is 326 g/mol. The van der Waals surface area contributed by atoms with Gasteiger partial charge in [0, 0.05) is 32.0 Å². The van der Waals surface area contributed by atoms with Crippen molar-refractivity contribution in [3.05, 3.63) is 29.8 Å². The average Bonchev–Trinajstić information content (AvgIpc) is 2.91. The fourth-order valence-corrected chi connectivity index (χ4v) is 2.73. The second-order valence-electron chi connectivity index (χ2n) is 5.67. The Morgan fingerprint density at radius 1 is 1.22 bits per heavy atom. The van der Waals surface area contributed by atoms with E-state index in [1.165, 1.54) is 18.2 Å². The number of unbranched alkanes of at least 4 members (excludes halogenated alkanes) is 1. The molecule has 1 heterocycles. The summed E-state index contributed by atoms with van der Waals surface area (Å²) in [5.41, 5.74) is -0.0503. The van der Waals surface area contributed by atoms with Gasteiger partial charge in [0.25, 0.3) is 0 Å². The van der Waals surface area contributed by atoms with Gasteiger partial charge in [-0.25, -0.2) is 8.78 Å². The molecule has 0 bridgehead atoms. The number of amides is 1. The van der Waals surface area contributed by atoms with Crippen LogP contribution in [-0.4, -0.2) is 36.1 Å². The van der Waals surface area contributed by atoms with E-state index >= 15 is 0 Å². The number of nitrogens with one attached hydrogen (secondary N) is 1. The zero-order chi connectivity index (χ0) is 16.8. The van der Waals surface area contributed by atoms with Crippen LogP contribution in [0, 0.1) is 11.6 Å². The van der Waals surface area contributed by atoms with Gasteiger partial charge in [-0.1, -0.05) is 6.07 Å². The minimum atomic E-state index is -0.872. The number of halogens is 2. The third-order valence-electron chi connectivity index (χ3n) is 3.85. The first-order chi connectivity index (χ1) is 11.0. The minimum Gasteiger partial charge on any atom is -0.481 e. The van der Waals surface area contributed by atoms with Crippen LogP contribution in [0.15, 0.2) is 18.2 Å². The van der Waals surface area contributed by atoms with Crippen LogP contribution in [0.2, 0.25) is 0 Å². The summed E-state index contributed by atoms with van der Waals surface area (Å²) in [7, 11) is 0. The van der Waals surface area contributed by atoms with Gasteiger partial charge in [0.1, 0.15) is 17.3 Å². The highest BCUT2D eigenvalue weighted by molar-refractivity contribution is 5.76. The smallest absolute Gasteiger partial charge is 0.303 e. The summed E-state index contributed by atoms with van der Waals surface area (Å²) in [4.78, 5) is 23.8. The number of carbonyl (C=O) groups excluding carboxylic acids is 1. The third-order valence-corrected chi connectivity index (χ3v) is 3.85. The highest BCUT2D eigenvalue weighted by Gasteiger charge is 2.27. The van der Waals surface area contributed by atoms with E-state index in [1.54, 1.807) is 4.90 Å². The second-order valence-corrected chi connectivity index (χ2v) is 5.67. The topological polar surface area (TPSA) is 69.6 Å². The van der Waals surface area contributed by atoms with E-state index in [0.717, 1.165) is 0 Å². The summed E-state index contributed by atoms with van der Waals surface area (Å²) in [5.74, 6) is -2.24. The van der Waals surface area contributed by atoms with Crippen molar-refractivity contribution >= 4 is 17.6 Å². The lowest BCUT2D eigenvalue weighted by Gasteiger charge is -2.20. The van der Waals surface area contributed by atoms with E-state index < -0.39 is 17.6 Å². The molecule has 1 aromatic carbocycles. The predicted octanol–water partition coefficient (Wildman–Crippen LogP) is 2.30. The first kappa shape index (κ1) is 17.2. The molecule has 7 heteroatoms. The van der Waals surface area contributed by atoms with Crippen molar-refractivity contribution in [1.82, 2.24) is 5.32 Å². The van der Waals surface area contributed by atoms with E-state index in [2.05, 4.69) is 5.32 Å². The SMILES string of the molecule is O=C(O)CCCCC(=O)N[C@H]1CCN(c2c(F)cccc2F)C1. The van der Waals surface area contributed by atoms with Crippen LogP contribution in [-0.2, 0) is 9.59 Å². The summed E-state index contributed by atoms with van der Waals surface area (Å²) in [6.07, 6.45) is 1.90. The Kier molecular flexibility index (Phi) is 5.90. The van der Waals surface area contributed by atoms with Gasteiger partial charge in [-0.2, -0.15) is 0 Å². The molecule has 1 fully saturated rings.